The Morgan fingerprint density at radius 2 is 1.85 bits per heavy atom. The van der Waals surface area contributed by atoms with Crippen LogP contribution >= 0.6 is 11.6 Å². The van der Waals surface area contributed by atoms with Crippen molar-refractivity contribution in [1.82, 2.24) is 4.31 Å². The summed E-state index contributed by atoms with van der Waals surface area (Å²) in [6, 6.07) is 13.3. The second-order valence-corrected chi connectivity index (χ2v) is 11.0. The fraction of sp³-hybridized carbons (Fsp3) is 0.333. The molecule has 0 radical (unpaired) electrons. The zero-order valence-corrected chi connectivity index (χ0v) is 16.7. The van der Waals surface area contributed by atoms with E-state index in [-0.39, 0.29) is 22.9 Å². The second kappa shape index (κ2) is 7.31. The van der Waals surface area contributed by atoms with Crippen LogP contribution in [0.3, 0.4) is 0 Å². The Morgan fingerprint density at radius 3 is 2.46 bits per heavy atom. The number of sulfone groups is 1. The van der Waals surface area contributed by atoms with E-state index in [2.05, 4.69) is 0 Å². The van der Waals surface area contributed by atoms with Crippen molar-refractivity contribution in [3.8, 4) is 0 Å². The first-order valence-corrected chi connectivity index (χ1v) is 11.9. The van der Waals surface area contributed by atoms with Crippen LogP contribution in [0, 0.1) is 6.92 Å². The summed E-state index contributed by atoms with van der Waals surface area (Å²) in [6.45, 7) is 1.82. The Morgan fingerprint density at radius 1 is 1.15 bits per heavy atom. The molecule has 1 atom stereocenters. The van der Waals surface area contributed by atoms with Gasteiger partial charge in [-0.1, -0.05) is 48.0 Å². The molecule has 1 aliphatic rings. The van der Waals surface area contributed by atoms with Gasteiger partial charge in [-0.15, -0.1) is 0 Å². The predicted octanol–water partition coefficient (Wildman–Crippen LogP) is 3.03. The monoisotopic (exact) mass is 413 g/mol. The molecule has 1 aliphatic heterocycles. The molecule has 0 N–H and O–H groups in total. The largest absolute Gasteiger partial charge is 0.243 e. The van der Waals surface area contributed by atoms with Crippen molar-refractivity contribution in [2.24, 2.45) is 0 Å². The maximum atomic E-state index is 13.4. The molecule has 0 saturated carbocycles. The average molecular weight is 414 g/mol. The molecule has 1 heterocycles. The van der Waals surface area contributed by atoms with E-state index in [1.54, 1.807) is 19.1 Å². The first-order valence-electron chi connectivity index (χ1n) is 8.21. The Bertz CT molecular complexity index is 1000. The minimum Gasteiger partial charge on any atom is -0.229 e. The quantitative estimate of drug-likeness (QED) is 0.755. The molecule has 3 rings (SSSR count). The van der Waals surface area contributed by atoms with E-state index in [1.165, 1.54) is 10.4 Å². The lowest BCUT2D eigenvalue weighted by Gasteiger charge is -2.28. The van der Waals surface area contributed by atoms with E-state index in [9.17, 15) is 16.8 Å². The molecule has 5 nitrogen and oxygen atoms in total. The summed E-state index contributed by atoms with van der Waals surface area (Å²) in [6.07, 6.45) is 0.300. The molecule has 0 bridgehead atoms. The van der Waals surface area contributed by atoms with Gasteiger partial charge in [-0.2, -0.15) is 4.31 Å². The highest BCUT2D eigenvalue weighted by molar-refractivity contribution is 7.92. The Hall–Kier alpha value is -1.41. The number of hydrogen-bond acceptors (Lipinski definition) is 4. The number of halogens is 1. The van der Waals surface area contributed by atoms with Gasteiger partial charge in [-0.3, -0.25) is 0 Å². The van der Waals surface area contributed by atoms with Gasteiger partial charge in [0.05, 0.1) is 16.4 Å². The molecular formula is C18H20ClNO4S2. The molecule has 0 aliphatic carbocycles. The van der Waals surface area contributed by atoms with Crippen molar-refractivity contribution >= 4 is 31.5 Å². The number of benzene rings is 2. The van der Waals surface area contributed by atoms with Gasteiger partial charge in [0.15, 0.2) is 9.84 Å². The smallest absolute Gasteiger partial charge is 0.229 e. The van der Waals surface area contributed by atoms with Gasteiger partial charge in [-0.25, -0.2) is 16.8 Å². The molecule has 0 unspecified atom stereocenters. The molecule has 2 aromatic carbocycles. The molecule has 1 fully saturated rings. The Labute approximate surface area is 159 Å². The van der Waals surface area contributed by atoms with Crippen LogP contribution in [0.5, 0.6) is 0 Å². The van der Waals surface area contributed by atoms with Crippen molar-refractivity contribution in [2.45, 2.75) is 30.8 Å². The number of sulfonamides is 1. The first kappa shape index (κ1) is 19.4. The third-order valence-electron chi connectivity index (χ3n) is 4.53. The highest BCUT2D eigenvalue weighted by atomic mass is 35.5. The lowest BCUT2D eigenvalue weighted by molar-refractivity contribution is 0.334. The van der Waals surface area contributed by atoms with Crippen LogP contribution in [0.25, 0.3) is 0 Å². The fourth-order valence-electron chi connectivity index (χ4n) is 3.15. The maximum Gasteiger partial charge on any atom is 0.243 e. The molecule has 140 valence electrons. The summed E-state index contributed by atoms with van der Waals surface area (Å²) in [5.74, 6) is -0.147. The van der Waals surface area contributed by atoms with Crippen LogP contribution in [-0.2, 0) is 26.4 Å². The number of rotatable bonds is 5. The standard InChI is InChI=1S/C18H20ClNO4S2/c1-14-7-8-16(19)11-18(14)26(23,24)20(12-15-5-3-2-4-6-15)17-9-10-25(21,22)13-17/h2-8,11,17H,9-10,12-13H2,1H3/t17-/m1/s1. The Kier molecular flexibility index (Phi) is 5.44. The van der Waals surface area contributed by atoms with Gasteiger partial charge in [0.25, 0.3) is 0 Å². The summed E-state index contributed by atoms with van der Waals surface area (Å²) in [5, 5.41) is 0.327. The lowest BCUT2D eigenvalue weighted by Crippen LogP contribution is -2.40. The van der Waals surface area contributed by atoms with Crippen molar-refractivity contribution in [1.29, 1.82) is 0 Å². The van der Waals surface area contributed by atoms with Gasteiger partial charge < -0.3 is 0 Å². The molecule has 26 heavy (non-hydrogen) atoms. The zero-order valence-electron chi connectivity index (χ0n) is 14.3. The molecule has 0 amide bonds. The number of hydrogen-bond donors (Lipinski definition) is 0. The predicted molar refractivity (Wildman–Crippen MR) is 102 cm³/mol. The van der Waals surface area contributed by atoms with E-state index >= 15 is 0 Å². The molecular weight excluding hydrogens is 394 g/mol. The van der Waals surface area contributed by atoms with Crippen molar-refractivity contribution < 1.29 is 16.8 Å². The van der Waals surface area contributed by atoms with Crippen molar-refractivity contribution in [2.75, 3.05) is 11.5 Å². The van der Waals surface area contributed by atoms with Crippen molar-refractivity contribution in [3.63, 3.8) is 0 Å². The first-order chi connectivity index (χ1) is 12.2. The minimum atomic E-state index is -3.90. The van der Waals surface area contributed by atoms with Crippen LogP contribution in [0.15, 0.2) is 53.4 Å². The summed E-state index contributed by atoms with van der Waals surface area (Å²) < 4.78 is 52.0. The van der Waals surface area contributed by atoms with Gasteiger partial charge in [-0.05, 0) is 36.6 Å². The maximum absolute atomic E-state index is 13.4. The van der Waals surface area contributed by atoms with Gasteiger partial charge in [0.2, 0.25) is 10.0 Å². The fourth-order valence-corrected chi connectivity index (χ4v) is 7.11. The van der Waals surface area contributed by atoms with E-state index in [4.69, 9.17) is 11.6 Å². The van der Waals surface area contributed by atoms with Gasteiger partial charge >= 0.3 is 0 Å². The van der Waals surface area contributed by atoms with Crippen molar-refractivity contribution in [3.05, 3.63) is 64.7 Å². The normalized spacial score (nSPS) is 19.7. The minimum absolute atomic E-state index is 0.00695. The van der Waals surface area contributed by atoms with E-state index in [0.717, 1.165) is 5.56 Å². The summed E-state index contributed by atoms with van der Waals surface area (Å²) in [7, 11) is -7.13. The molecule has 8 heteroatoms. The average Bonchev–Trinajstić information content (AvgIpc) is 2.95. The van der Waals surface area contributed by atoms with Gasteiger partial charge in [0.1, 0.15) is 0 Å². The highest BCUT2D eigenvalue weighted by Crippen LogP contribution is 2.30. The Balaban J connectivity index is 2.05. The summed E-state index contributed by atoms with van der Waals surface area (Å²) in [5.41, 5.74) is 1.38. The second-order valence-electron chi connectivity index (χ2n) is 6.50. The topological polar surface area (TPSA) is 71.5 Å². The molecule has 1 saturated heterocycles. The molecule has 0 spiro atoms. The third kappa shape index (κ3) is 4.11. The molecule has 2 aromatic rings. The molecule has 0 aromatic heterocycles. The van der Waals surface area contributed by atoms with Crippen LogP contribution < -0.4 is 0 Å². The van der Waals surface area contributed by atoms with E-state index in [0.29, 0.717) is 17.0 Å². The number of aryl methyl sites for hydroxylation is 1. The lowest BCUT2D eigenvalue weighted by atomic mass is 10.2. The number of nitrogens with zero attached hydrogens (tertiary/aromatic N) is 1. The van der Waals surface area contributed by atoms with Crippen LogP contribution in [-0.4, -0.2) is 38.7 Å². The third-order valence-corrected chi connectivity index (χ3v) is 8.56. The van der Waals surface area contributed by atoms with Crippen LogP contribution in [0.2, 0.25) is 5.02 Å². The summed E-state index contributed by atoms with van der Waals surface area (Å²) >= 11 is 6.01. The van der Waals surface area contributed by atoms with E-state index in [1.807, 2.05) is 30.3 Å². The highest BCUT2D eigenvalue weighted by Gasteiger charge is 2.39. The SMILES string of the molecule is Cc1ccc(Cl)cc1S(=O)(=O)N(Cc1ccccc1)[C@@H]1CCS(=O)(=O)C1. The summed E-state index contributed by atoms with van der Waals surface area (Å²) in [4.78, 5) is 0.116. The van der Waals surface area contributed by atoms with E-state index < -0.39 is 25.9 Å². The van der Waals surface area contributed by atoms with Crippen LogP contribution in [0.1, 0.15) is 17.5 Å². The van der Waals surface area contributed by atoms with Gasteiger partial charge in [0, 0.05) is 17.6 Å². The zero-order chi connectivity index (χ0) is 18.9. The van der Waals surface area contributed by atoms with Crippen LogP contribution in [0.4, 0.5) is 0 Å².